The minimum atomic E-state index is -0.479. The molecule has 5 saturated heterocycles. The van der Waals surface area contributed by atoms with Crippen molar-refractivity contribution >= 4 is 40.7 Å². The first kappa shape index (κ1) is 49.1. The lowest BCUT2D eigenvalue weighted by Gasteiger charge is -2.32. The Hall–Kier alpha value is -4.80. The van der Waals surface area contributed by atoms with Gasteiger partial charge in [-0.1, -0.05) is 22.0 Å². The largest absolute Gasteiger partial charge is 0.496 e. The predicted octanol–water partition coefficient (Wildman–Crippen LogP) is 9.90. The molecule has 2 amide bonds. The van der Waals surface area contributed by atoms with Crippen LogP contribution in [0, 0.1) is 0 Å². The number of hydrogen-bond donors (Lipinski definition) is 0. The zero-order chi connectivity index (χ0) is 47.8. The zero-order valence-corrected chi connectivity index (χ0v) is 42.1. The molecular weight excluding hydrogens is 903 g/mol. The number of ether oxygens (including phenoxy) is 4. The third-order valence-electron chi connectivity index (χ3n) is 13.4. The quantitative estimate of drug-likeness (QED) is 0.170. The molecule has 9 rings (SSSR count). The van der Waals surface area contributed by atoms with Gasteiger partial charge in [0.25, 0.3) is 0 Å². The maximum absolute atomic E-state index is 12.8. The second-order valence-electron chi connectivity index (χ2n) is 20.8. The highest BCUT2D eigenvalue weighted by molar-refractivity contribution is 9.10. The van der Waals surface area contributed by atoms with Crippen molar-refractivity contribution in [3.8, 4) is 22.9 Å². The van der Waals surface area contributed by atoms with Crippen LogP contribution in [-0.2, 0) is 18.8 Å². The molecule has 14 nitrogen and oxygen atoms in total. The van der Waals surface area contributed by atoms with Crippen molar-refractivity contribution in [1.82, 2.24) is 29.7 Å². The molecule has 6 unspecified atom stereocenters. The normalized spacial score (nSPS) is 24.5. The Bertz CT molecular complexity index is 2340. The number of carbonyl (C=O) groups is 2. The first-order valence-electron chi connectivity index (χ1n) is 23.0. The van der Waals surface area contributed by atoms with Crippen LogP contribution in [0.5, 0.6) is 11.8 Å². The van der Waals surface area contributed by atoms with Gasteiger partial charge in [0.1, 0.15) is 11.2 Å². The predicted molar refractivity (Wildman–Crippen MR) is 257 cm³/mol. The van der Waals surface area contributed by atoms with Gasteiger partial charge in [0.15, 0.2) is 0 Å². The minimum Gasteiger partial charge on any atom is -0.481 e. The molecule has 5 aliphatic heterocycles. The number of carbonyl (C=O) groups excluding carboxylic acids is 2. The van der Waals surface area contributed by atoms with Gasteiger partial charge in [-0.2, -0.15) is 0 Å². The molecule has 16 heteroatoms. The molecule has 0 aromatic carbocycles. The topological polar surface area (TPSA) is 148 Å². The second-order valence-corrected chi connectivity index (χ2v) is 21.7. The molecule has 0 saturated carbocycles. The summed E-state index contributed by atoms with van der Waals surface area (Å²) in [4.78, 5) is 46.5. The van der Waals surface area contributed by atoms with Gasteiger partial charge in [-0.25, -0.2) is 19.6 Å². The SMILES string of the molecule is CC(C)(C)OC(=O)N1C2CCC1C(c1cncc(B3OC(C)(C)C(C)(C)O3)c1)C2.COc1cc(-c2cncc(C3CC4CCC3N4C(=O)OC(C)(C)C)c2)ccn1.COc1cc(Br)ccn1. The van der Waals surface area contributed by atoms with E-state index in [2.05, 4.69) is 75.7 Å². The Morgan fingerprint density at radius 1 is 0.667 bits per heavy atom. The summed E-state index contributed by atoms with van der Waals surface area (Å²) in [6.45, 7) is 19.7. The highest BCUT2D eigenvalue weighted by Gasteiger charge is 2.54. The van der Waals surface area contributed by atoms with Crippen molar-refractivity contribution in [3.63, 3.8) is 0 Å². The van der Waals surface area contributed by atoms with E-state index in [9.17, 15) is 9.59 Å². The van der Waals surface area contributed by atoms with Crippen LogP contribution in [0.4, 0.5) is 9.59 Å². The minimum absolute atomic E-state index is 0.171. The molecule has 66 heavy (non-hydrogen) atoms. The van der Waals surface area contributed by atoms with Gasteiger partial charge in [-0.15, -0.1) is 0 Å². The van der Waals surface area contributed by atoms with Crippen LogP contribution in [0.1, 0.15) is 131 Å². The number of nitrogens with zero attached hydrogens (tertiary/aromatic N) is 6. The van der Waals surface area contributed by atoms with Gasteiger partial charge >= 0.3 is 19.3 Å². The Kier molecular flexibility index (Phi) is 14.5. The average molecular weight is 970 g/mol. The maximum atomic E-state index is 12.8. The number of hydrogen-bond acceptors (Lipinski definition) is 12. The summed E-state index contributed by atoms with van der Waals surface area (Å²) in [5.74, 6) is 1.78. The summed E-state index contributed by atoms with van der Waals surface area (Å²) in [5.41, 5.74) is 3.60. The number of fused-ring (bicyclic) bond motifs is 4. The summed E-state index contributed by atoms with van der Waals surface area (Å²) in [6.07, 6.45) is 16.6. The molecule has 5 fully saturated rings. The van der Waals surface area contributed by atoms with Gasteiger partial charge in [0, 0.05) is 101 Å². The molecule has 0 N–H and O–H groups in total. The third kappa shape index (κ3) is 11.1. The standard InChI is InChI=1S/C22H33BN2O4.C22H27N3O3.C6H6BrNO/c1-20(2,3)27-19(26)25-16-8-9-18(25)17(11-16)14-10-15(13-24-12-14)23-28-21(4,5)22(6,7)29-23;1-22(2,3)28-21(26)25-17-5-6-19(25)18(11-17)16-9-15(12-23-13-16)14-7-8-24-20(10-14)27-4;1-9-6-4-5(7)2-3-8-6/h10,12-13,16-18H,8-9,11H2,1-7H3;7-10,12-13,17-19H,5-6,11H2,1-4H3;2-4H,1H3. The van der Waals surface area contributed by atoms with Crippen molar-refractivity contribution in [2.75, 3.05) is 14.2 Å². The Labute approximate surface area is 399 Å². The van der Waals surface area contributed by atoms with Gasteiger partial charge in [0.05, 0.1) is 25.4 Å². The van der Waals surface area contributed by atoms with Crippen molar-refractivity contribution < 1.29 is 37.8 Å². The van der Waals surface area contributed by atoms with E-state index in [1.54, 1.807) is 32.7 Å². The fourth-order valence-electron chi connectivity index (χ4n) is 9.70. The smallest absolute Gasteiger partial charge is 0.481 e. The van der Waals surface area contributed by atoms with Gasteiger partial charge in [-0.3, -0.25) is 9.97 Å². The molecular formula is C50H66BBrN6O8. The summed E-state index contributed by atoms with van der Waals surface area (Å²) < 4.78 is 34.8. The van der Waals surface area contributed by atoms with Crippen molar-refractivity contribution in [2.45, 2.75) is 166 Å². The molecule has 0 radical (unpaired) electrons. The Balaban J connectivity index is 0.000000165. The molecule has 354 valence electrons. The maximum Gasteiger partial charge on any atom is 0.496 e. The molecule has 0 spiro atoms. The van der Waals surface area contributed by atoms with Crippen molar-refractivity contribution in [1.29, 1.82) is 0 Å². The van der Waals surface area contributed by atoms with Gasteiger partial charge in [-0.05, 0) is 143 Å². The fourth-order valence-corrected chi connectivity index (χ4v) is 10.0. The first-order valence-corrected chi connectivity index (χ1v) is 23.8. The summed E-state index contributed by atoms with van der Waals surface area (Å²) in [7, 11) is 2.78. The van der Waals surface area contributed by atoms with E-state index in [1.165, 1.54) is 5.56 Å². The summed E-state index contributed by atoms with van der Waals surface area (Å²) in [5, 5.41) is 0. The van der Waals surface area contributed by atoms with Crippen LogP contribution in [0.3, 0.4) is 0 Å². The average Bonchev–Trinajstić information content (AvgIpc) is 4.08. The molecule has 9 heterocycles. The van der Waals surface area contributed by atoms with Crippen LogP contribution < -0.4 is 14.9 Å². The van der Waals surface area contributed by atoms with E-state index in [0.717, 1.165) is 65.2 Å². The lowest BCUT2D eigenvalue weighted by atomic mass is 9.77. The van der Waals surface area contributed by atoms with Crippen LogP contribution in [0.2, 0.25) is 0 Å². The molecule has 4 bridgehead atoms. The fraction of sp³-hybridized carbons (Fsp3) is 0.560. The summed E-state index contributed by atoms with van der Waals surface area (Å²) in [6, 6.07) is 12.7. The monoisotopic (exact) mass is 968 g/mol. The number of aromatic nitrogens is 4. The Morgan fingerprint density at radius 2 is 1.15 bits per heavy atom. The van der Waals surface area contributed by atoms with E-state index in [0.29, 0.717) is 17.7 Å². The lowest BCUT2D eigenvalue weighted by Crippen LogP contribution is -2.41. The van der Waals surface area contributed by atoms with E-state index in [4.69, 9.17) is 28.3 Å². The van der Waals surface area contributed by atoms with Gasteiger partial charge < -0.3 is 38.1 Å². The van der Waals surface area contributed by atoms with Crippen molar-refractivity contribution in [3.05, 3.63) is 89.2 Å². The number of pyridine rings is 4. The molecule has 4 aromatic rings. The number of methoxy groups -OCH3 is 2. The van der Waals surface area contributed by atoms with Crippen LogP contribution in [-0.4, -0.2) is 110 Å². The third-order valence-corrected chi connectivity index (χ3v) is 13.9. The summed E-state index contributed by atoms with van der Waals surface area (Å²) >= 11 is 3.28. The number of amides is 2. The van der Waals surface area contributed by atoms with Gasteiger partial charge in [0.2, 0.25) is 11.8 Å². The molecule has 0 aliphatic carbocycles. The van der Waals surface area contributed by atoms with E-state index < -0.39 is 18.3 Å². The highest BCUT2D eigenvalue weighted by Crippen LogP contribution is 2.49. The van der Waals surface area contributed by atoms with Crippen LogP contribution in [0.25, 0.3) is 11.1 Å². The zero-order valence-electron chi connectivity index (χ0n) is 40.5. The first-order chi connectivity index (χ1) is 31.1. The number of halogens is 1. The van der Waals surface area contributed by atoms with E-state index >= 15 is 0 Å². The molecule has 4 aromatic heterocycles. The lowest BCUT2D eigenvalue weighted by molar-refractivity contribution is 0.00578. The number of rotatable bonds is 6. The van der Waals surface area contributed by atoms with Crippen LogP contribution in [0.15, 0.2) is 78.1 Å². The highest BCUT2D eigenvalue weighted by atomic mass is 79.9. The molecule has 5 aliphatic rings. The van der Waals surface area contributed by atoms with E-state index in [1.807, 2.05) is 94.3 Å². The second kappa shape index (κ2) is 19.4. The Morgan fingerprint density at radius 3 is 1.64 bits per heavy atom. The van der Waals surface area contributed by atoms with E-state index in [-0.39, 0.29) is 53.5 Å². The molecule has 6 atom stereocenters. The van der Waals surface area contributed by atoms with Crippen molar-refractivity contribution in [2.24, 2.45) is 0 Å². The van der Waals surface area contributed by atoms with Crippen LogP contribution >= 0.6 is 15.9 Å².